The Hall–Kier alpha value is -4.11. The molecule has 0 aromatic heterocycles. The van der Waals surface area contributed by atoms with E-state index in [4.69, 9.17) is 13.8 Å². The van der Waals surface area contributed by atoms with E-state index in [1.807, 2.05) is 51.5 Å². The molecule has 0 aliphatic rings. The van der Waals surface area contributed by atoms with Gasteiger partial charge >= 0.3 is 5.97 Å². The number of carbonyl (C=O) groups excluding carboxylic acids is 2. The molecular weight excluding hydrogens is 916 g/mol. The number of ether oxygens (including phenoxy) is 1. The average molecular weight is 1020 g/mol. The zero-order chi connectivity index (χ0) is 52.9. The van der Waals surface area contributed by atoms with Crippen LogP contribution in [-0.4, -0.2) is 69.4 Å². The Morgan fingerprint density at radius 2 is 0.889 bits per heavy atom. The first-order chi connectivity index (χ1) is 34.9. The first-order valence-corrected chi connectivity index (χ1v) is 29.1. The van der Waals surface area contributed by atoms with E-state index < -0.39 is 32.5 Å². The summed E-state index contributed by atoms with van der Waals surface area (Å²) in [6.07, 6.45) is 72.8. The van der Waals surface area contributed by atoms with Gasteiger partial charge in [0.05, 0.1) is 33.8 Å². The summed E-state index contributed by atoms with van der Waals surface area (Å²) in [4.78, 5) is 39.7. The molecule has 0 aromatic carbocycles. The molecule has 0 rings (SSSR count). The predicted molar refractivity (Wildman–Crippen MR) is 306 cm³/mol. The molecule has 0 radical (unpaired) electrons. The molecule has 0 aromatic rings. The van der Waals surface area contributed by atoms with E-state index >= 15 is 0 Å². The van der Waals surface area contributed by atoms with Gasteiger partial charge in [0.25, 0.3) is 7.82 Å². The number of esters is 1. The predicted octanol–water partition coefficient (Wildman–Crippen LogP) is 16.1. The SMILES string of the molecule is CC/C=C\C/C=C\C/C=C\C/C=C\C/C=C\C/C=C\CCC(=O)OC(/C=C/CCCCCCCCCCC)C(COP(=O)([O-])OCC[N+](C)(C)C)NC(=O)CC/C=C/C/C=C/C/C=C/C/C=C/C/C=C/CC. The third kappa shape index (κ3) is 50.8. The molecule has 0 bridgehead atoms. The molecule has 0 fully saturated rings. The number of carbonyl (C=O) groups is 2. The van der Waals surface area contributed by atoms with Gasteiger partial charge in [-0.1, -0.05) is 212 Å². The Morgan fingerprint density at radius 3 is 1.31 bits per heavy atom. The lowest BCUT2D eigenvalue weighted by molar-refractivity contribution is -0.870. The fourth-order valence-electron chi connectivity index (χ4n) is 6.83. The van der Waals surface area contributed by atoms with Crippen LogP contribution < -0.4 is 10.2 Å². The Balaban J connectivity index is 5.59. The van der Waals surface area contributed by atoms with Gasteiger partial charge in [-0.15, -0.1) is 0 Å². The van der Waals surface area contributed by atoms with Gasteiger partial charge in [0.2, 0.25) is 5.91 Å². The van der Waals surface area contributed by atoms with Crippen LogP contribution in [0.15, 0.2) is 146 Å². The molecular formula is C62H101N2O7P. The van der Waals surface area contributed by atoms with Crippen molar-refractivity contribution in [2.75, 3.05) is 40.9 Å². The largest absolute Gasteiger partial charge is 0.756 e. The van der Waals surface area contributed by atoms with Crippen LogP contribution in [0.1, 0.15) is 181 Å². The summed E-state index contributed by atoms with van der Waals surface area (Å²) in [7, 11) is 1.07. The Kier molecular flexibility index (Phi) is 47.5. The summed E-state index contributed by atoms with van der Waals surface area (Å²) < 4.78 is 30.0. The van der Waals surface area contributed by atoms with Gasteiger partial charge < -0.3 is 28.5 Å². The number of likely N-dealkylation sites (N-methyl/N-ethyl adjacent to an activating group) is 1. The second kappa shape index (κ2) is 50.4. The molecule has 0 aliphatic heterocycles. The molecule has 0 saturated carbocycles. The van der Waals surface area contributed by atoms with E-state index in [-0.39, 0.29) is 25.4 Å². The molecule has 72 heavy (non-hydrogen) atoms. The summed E-state index contributed by atoms with van der Waals surface area (Å²) in [6, 6.07) is -0.968. The van der Waals surface area contributed by atoms with Crippen molar-refractivity contribution in [3.63, 3.8) is 0 Å². The maximum Gasteiger partial charge on any atom is 0.306 e. The van der Waals surface area contributed by atoms with Crippen molar-refractivity contribution in [1.82, 2.24) is 5.32 Å². The van der Waals surface area contributed by atoms with E-state index in [1.54, 1.807) is 6.08 Å². The average Bonchev–Trinajstić information content (AvgIpc) is 3.34. The minimum atomic E-state index is -4.74. The second-order valence-electron chi connectivity index (χ2n) is 19.0. The van der Waals surface area contributed by atoms with Crippen LogP contribution in [-0.2, 0) is 27.9 Å². The highest BCUT2D eigenvalue weighted by atomic mass is 31.2. The number of hydrogen-bond donors (Lipinski definition) is 1. The molecule has 0 spiro atoms. The number of nitrogens with one attached hydrogen (secondary N) is 1. The monoisotopic (exact) mass is 1020 g/mol. The molecule has 3 atom stereocenters. The van der Waals surface area contributed by atoms with Crippen molar-refractivity contribution in [2.24, 2.45) is 0 Å². The first-order valence-electron chi connectivity index (χ1n) is 27.6. The van der Waals surface area contributed by atoms with Crippen molar-refractivity contribution < 1.29 is 37.3 Å². The number of amides is 1. The summed E-state index contributed by atoms with van der Waals surface area (Å²) in [6.45, 7) is 6.45. The third-order valence-electron chi connectivity index (χ3n) is 11.0. The van der Waals surface area contributed by atoms with Crippen molar-refractivity contribution in [2.45, 2.75) is 193 Å². The van der Waals surface area contributed by atoms with Gasteiger partial charge in [0.1, 0.15) is 19.3 Å². The van der Waals surface area contributed by atoms with Crippen LogP contribution in [0.25, 0.3) is 0 Å². The number of allylic oxidation sites excluding steroid dienone is 23. The molecule has 406 valence electrons. The molecule has 10 heteroatoms. The lowest BCUT2D eigenvalue weighted by Crippen LogP contribution is -2.47. The van der Waals surface area contributed by atoms with Crippen LogP contribution in [0, 0.1) is 0 Å². The van der Waals surface area contributed by atoms with Crippen molar-refractivity contribution in [3.05, 3.63) is 146 Å². The minimum absolute atomic E-state index is 0.0554. The van der Waals surface area contributed by atoms with Crippen LogP contribution in [0.5, 0.6) is 0 Å². The fourth-order valence-corrected chi connectivity index (χ4v) is 7.55. The van der Waals surface area contributed by atoms with Crippen molar-refractivity contribution in [3.8, 4) is 0 Å². The summed E-state index contributed by atoms with van der Waals surface area (Å²) in [5, 5.41) is 2.94. The minimum Gasteiger partial charge on any atom is -0.756 e. The highest BCUT2D eigenvalue weighted by Crippen LogP contribution is 2.38. The summed E-state index contributed by atoms with van der Waals surface area (Å²) in [5.41, 5.74) is 0. The van der Waals surface area contributed by atoms with Gasteiger partial charge in [-0.3, -0.25) is 14.2 Å². The maximum absolute atomic E-state index is 13.4. The molecule has 1 N–H and O–H groups in total. The number of nitrogens with zero attached hydrogens (tertiary/aromatic N) is 1. The van der Waals surface area contributed by atoms with E-state index in [1.165, 1.54) is 44.9 Å². The van der Waals surface area contributed by atoms with E-state index in [0.29, 0.717) is 23.9 Å². The zero-order valence-electron chi connectivity index (χ0n) is 46.1. The summed E-state index contributed by atoms with van der Waals surface area (Å²) >= 11 is 0. The van der Waals surface area contributed by atoms with Crippen LogP contribution in [0.2, 0.25) is 0 Å². The summed E-state index contributed by atoms with van der Waals surface area (Å²) in [5.74, 6) is -0.753. The molecule has 9 nitrogen and oxygen atoms in total. The Bertz CT molecular complexity index is 1740. The van der Waals surface area contributed by atoms with Crippen molar-refractivity contribution in [1.29, 1.82) is 0 Å². The normalized spacial score (nSPS) is 14.9. The molecule has 0 heterocycles. The Morgan fingerprint density at radius 1 is 0.500 bits per heavy atom. The number of hydrogen-bond acceptors (Lipinski definition) is 7. The highest BCUT2D eigenvalue weighted by Gasteiger charge is 2.27. The topological polar surface area (TPSA) is 114 Å². The van der Waals surface area contributed by atoms with E-state index in [9.17, 15) is 19.0 Å². The van der Waals surface area contributed by atoms with E-state index in [2.05, 4.69) is 135 Å². The number of phosphoric ester groups is 1. The highest BCUT2D eigenvalue weighted by molar-refractivity contribution is 7.45. The first kappa shape index (κ1) is 67.9. The van der Waals surface area contributed by atoms with Gasteiger partial charge in [-0.05, 0) is 102 Å². The molecule has 0 saturated heterocycles. The van der Waals surface area contributed by atoms with Crippen LogP contribution in [0.4, 0.5) is 0 Å². The van der Waals surface area contributed by atoms with Crippen LogP contribution >= 0.6 is 7.82 Å². The van der Waals surface area contributed by atoms with Crippen LogP contribution in [0.3, 0.4) is 0 Å². The third-order valence-corrected chi connectivity index (χ3v) is 12.0. The lowest BCUT2D eigenvalue weighted by Gasteiger charge is -2.30. The second-order valence-corrected chi connectivity index (χ2v) is 20.4. The van der Waals surface area contributed by atoms with E-state index in [0.717, 1.165) is 89.9 Å². The Labute approximate surface area is 440 Å². The van der Waals surface area contributed by atoms with Gasteiger partial charge in [0.15, 0.2) is 0 Å². The van der Waals surface area contributed by atoms with Gasteiger partial charge in [-0.2, -0.15) is 0 Å². The van der Waals surface area contributed by atoms with Crippen molar-refractivity contribution >= 4 is 19.7 Å². The zero-order valence-corrected chi connectivity index (χ0v) is 47.0. The number of rotatable bonds is 47. The quantitative estimate of drug-likeness (QED) is 0.0212. The van der Waals surface area contributed by atoms with Gasteiger partial charge in [0, 0.05) is 12.8 Å². The fraction of sp³-hybridized carbons (Fsp3) is 0.581. The molecule has 1 amide bonds. The number of unbranched alkanes of at least 4 members (excludes halogenated alkanes) is 9. The van der Waals surface area contributed by atoms with Gasteiger partial charge in [-0.25, -0.2) is 0 Å². The number of quaternary nitrogens is 1. The lowest BCUT2D eigenvalue weighted by atomic mass is 10.1. The smallest absolute Gasteiger partial charge is 0.306 e. The molecule has 3 unspecified atom stereocenters. The standard InChI is InChI=1S/C62H101N2O7P/c1-7-10-13-16-19-22-25-27-29-31-32-33-35-37-40-43-46-49-52-55-62(66)71-60(53-50-47-44-41-38-24-21-18-15-12-9-3)59(58-70-72(67,68)69-57-56-64(4,5)6)63-61(65)54-51-48-45-42-39-36-34-30-28-26-23-20-17-14-11-8-2/h10-11,13-14,19-20,22-23,27-30,32-33,36-37,39-40,45-46,48-50,53,59-60H,7-9,12,15-18,21,24-26,31,34-35,38,41-44,47,51-52,54-58H2,1-6H3,(H-,63,65,67,68)/b13-10-,14-11+,22-19-,23-20+,29-27-,30-28+,33-32-,39-36+,40-37-,48-45+,49-46-,53-50+. The number of phosphoric acid groups is 1. The molecule has 0 aliphatic carbocycles. The maximum atomic E-state index is 13.4.